The topological polar surface area (TPSA) is 73.5 Å². The molecule has 2 aliphatic rings. The predicted molar refractivity (Wildman–Crippen MR) is 143 cm³/mol. The van der Waals surface area contributed by atoms with Crippen LogP contribution in [0.4, 0.5) is 20.2 Å². The van der Waals surface area contributed by atoms with E-state index < -0.39 is 11.6 Å². The number of rotatable bonds is 8. The molecule has 1 saturated heterocycles. The first kappa shape index (κ1) is 26.6. The van der Waals surface area contributed by atoms with Gasteiger partial charge in [-0.05, 0) is 86.4 Å². The molecule has 2 amide bonds. The summed E-state index contributed by atoms with van der Waals surface area (Å²) in [6, 6.07) is 14.3. The lowest BCUT2D eigenvalue weighted by molar-refractivity contribution is 0.0966. The normalized spacial score (nSPS) is 14.6. The molecule has 0 saturated carbocycles. The molecule has 0 radical (unpaired) electrons. The molecule has 0 unspecified atom stereocenters. The molecule has 2 aliphatic heterocycles. The fraction of sp³-hybridized carbons (Fsp3) is 0.286. The summed E-state index contributed by atoms with van der Waals surface area (Å²) in [4.78, 5) is 27.9. The van der Waals surface area contributed by atoms with E-state index in [1.54, 1.807) is 24.3 Å². The van der Waals surface area contributed by atoms with E-state index in [2.05, 4.69) is 20.9 Å². The van der Waals surface area contributed by atoms with Crippen LogP contribution in [0.25, 0.3) is 11.1 Å². The summed E-state index contributed by atoms with van der Waals surface area (Å²) in [5, 5.41) is 8.90. The van der Waals surface area contributed by atoms with Crippen molar-refractivity contribution in [2.24, 2.45) is 0 Å². The van der Waals surface area contributed by atoms with Crippen LogP contribution in [0.5, 0.6) is 0 Å². The molecule has 9 heteroatoms. The van der Waals surface area contributed by atoms with Crippen molar-refractivity contribution in [3.63, 3.8) is 0 Å². The van der Waals surface area contributed by atoms with Crippen molar-refractivity contribution in [3.05, 3.63) is 82.9 Å². The number of likely N-dealkylation sites (tertiary alicyclic amines) is 1. The Labute approximate surface area is 220 Å². The number of benzene rings is 3. The van der Waals surface area contributed by atoms with Gasteiger partial charge >= 0.3 is 0 Å². The molecule has 37 heavy (non-hydrogen) atoms. The summed E-state index contributed by atoms with van der Waals surface area (Å²) in [5.41, 5.74) is 2.99. The van der Waals surface area contributed by atoms with E-state index in [1.807, 2.05) is 12.1 Å². The highest BCUT2D eigenvalue weighted by atomic mass is 35.5. The SMILES string of the molecule is Cl.O=C(Nc1ccc(-c2cccc(F)c2F)c2c1C(=O)NC2)c1ccc(NCCCN2CCCC2)cc1. The maximum atomic E-state index is 14.4. The summed E-state index contributed by atoms with van der Waals surface area (Å²) in [5.74, 6) is -2.66. The molecule has 5 rings (SSSR count). The summed E-state index contributed by atoms with van der Waals surface area (Å²) in [6.45, 7) is 4.51. The number of nitrogens with one attached hydrogen (secondary N) is 3. The van der Waals surface area contributed by atoms with Crippen molar-refractivity contribution in [3.8, 4) is 11.1 Å². The van der Waals surface area contributed by atoms with Gasteiger partial charge < -0.3 is 20.9 Å². The minimum Gasteiger partial charge on any atom is -0.385 e. The molecule has 0 bridgehead atoms. The highest BCUT2D eigenvalue weighted by Crippen LogP contribution is 2.35. The first-order valence-corrected chi connectivity index (χ1v) is 12.3. The summed E-state index contributed by atoms with van der Waals surface area (Å²) in [6.07, 6.45) is 3.64. The first-order chi connectivity index (χ1) is 17.5. The molecule has 0 aliphatic carbocycles. The highest BCUT2D eigenvalue weighted by molar-refractivity contribution is 6.11. The Morgan fingerprint density at radius 2 is 1.73 bits per heavy atom. The Morgan fingerprint density at radius 1 is 0.973 bits per heavy atom. The summed E-state index contributed by atoms with van der Waals surface area (Å²) >= 11 is 0. The number of fused-ring (bicyclic) bond motifs is 1. The van der Waals surface area contributed by atoms with E-state index in [0.717, 1.165) is 31.3 Å². The molecule has 194 valence electrons. The lowest BCUT2D eigenvalue weighted by atomic mass is 9.95. The van der Waals surface area contributed by atoms with Gasteiger partial charge in [0.05, 0.1) is 11.3 Å². The van der Waals surface area contributed by atoms with E-state index in [-0.39, 0.29) is 41.9 Å². The van der Waals surface area contributed by atoms with E-state index >= 15 is 0 Å². The Bertz CT molecular complexity index is 1290. The van der Waals surface area contributed by atoms with Gasteiger partial charge in [0.2, 0.25) is 0 Å². The monoisotopic (exact) mass is 526 g/mol. The Morgan fingerprint density at radius 3 is 2.49 bits per heavy atom. The standard InChI is InChI=1S/C28H28F2N4O2.ClH/c29-23-6-3-5-21(26(23)30)20-11-12-24(25-22(20)17-32-28(25)36)33-27(35)18-7-9-19(10-8-18)31-13-4-16-34-14-1-2-15-34;/h3,5-12,31H,1-2,4,13-17H2,(H,32,36)(H,33,35);1H. The number of hydrogen-bond donors (Lipinski definition) is 3. The minimum atomic E-state index is -0.972. The van der Waals surface area contributed by atoms with Gasteiger partial charge in [0, 0.05) is 29.9 Å². The molecule has 0 atom stereocenters. The van der Waals surface area contributed by atoms with E-state index in [9.17, 15) is 18.4 Å². The highest BCUT2D eigenvalue weighted by Gasteiger charge is 2.28. The number of carbonyl (C=O) groups is 2. The Kier molecular flexibility index (Phi) is 8.41. The van der Waals surface area contributed by atoms with Gasteiger partial charge in [-0.3, -0.25) is 9.59 Å². The van der Waals surface area contributed by atoms with Crippen molar-refractivity contribution >= 4 is 35.6 Å². The lowest BCUT2D eigenvalue weighted by Gasteiger charge is -2.15. The molecule has 3 N–H and O–H groups in total. The van der Waals surface area contributed by atoms with Gasteiger partial charge in [0.1, 0.15) is 0 Å². The molecule has 0 aromatic heterocycles. The Balaban J connectivity index is 0.00000320. The third-order valence-corrected chi connectivity index (χ3v) is 6.78. The van der Waals surface area contributed by atoms with Gasteiger partial charge in [-0.15, -0.1) is 12.4 Å². The molecule has 3 aromatic carbocycles. The van der Waals surface area contributed by atoms with Crippen LogP contribution in [0.1, 0.15) is 45.5 Å². The number of carbonyl (C=O) groups excluding carboxylic acids is 2. The first-order valence-electron chi connectivity index (χ1n) is 12.3. The molecule has 1 fully saturated rings. The van der Waals surface area contributed by atoms with E-state index in [4.69, 9.17) is 0 Å². The van der Waals surface area contributed by atoms with Crippen molar-refractivity contribution in [2.45, 2.75) is 25.8 Å². The zero-order chi connectivity index (χ0) is 25.1. The zero-order valence-electron chi connectivity index (χ0n) is 20.3. The fourth-order valence-electron chi connectivity index (χ4n) is 4.89. The average Bonchev–Trinajstić information content (AvgIpc) is 3.55. The van der Waals surface area contributed by atoms with Gasteiger partial charge in [0.25, 0.3) is 11.8 Å². The maximum Gasteiger partial charge on any atom is 0.255 e. The number of halogens is 3. The van der Waals surface area contributed by atoms with Crippen LogP contribution in [0.3, 0.4) is 0 Å². The molecule has 2 heterocycles. The molecular formula is C28H29ClF2N4O2. The van der Waals surface area contributed by atoms with Crippen molar-refractivity contribution < 1.29 is 18.4 Å². The van der Waals surface area contributed by atoms with Gasteiger partial charge in [-0.1, -0.05) is 18.2 Å². The van der Waals surface area contributed by atoms with E-state index in [0.29, 0.717) is 22.4 Å². The number of amides is 2. The average molecular weight is 527 g/mol. The number of hydrogen-bond acceptors (Lipinski definition) is 4. The quantitative estimate of drug-likeness (QED) is 0.341. The number of anilines is 2. The third-order valence-electron chi connectivity index (χ3n) is 6.78. The Hall–Kier alpha value is -3.49. The summed E-state index contributed by atoms with van der Waals surface area (Å²) < 4.78 is 28.2. The second-order valence-corrected chi connectivity index (χ2v) is 9.16. The predicted octanol–water partition coefficient (Wildman–Crippen LogP) is 5.45. The maximum absolute atomic E-state index is 14.4. The zero-order valence-corrected chi connectivity index (χ0v) is 21.1. The molecular weight excluding hydrogens is 498 g/mol. The van der Waals surface area contributed by atoms with Crippen LogP contribution >= 0.6 is 12.4 Å². The third kappa shape index (κ3) is 5.76. The van der Waals surface area contributed by atoms with E-state index in [1.165, 1.54) is 38.1 Å². The lowest BCUT2D eigenvalue weighted by Crippen LogP contribution is -2.22. The second-order valence-electron chi connectivity index (χ2n) is 9.16. The number of nitrogens with zero attached hydrogens (tertiary/aromatic N) is 1. The van der Waals surface area contributed by atoms with Gasteiger partial charge in [-0.25, -0.2) is 8.78 Å². The van der Waals surface area contributed by atoms with Crippen LogP contribution in [0.2, 0.25) is 0 Å². The van der Waals surface area contributed by atoms with Crippen LogP contribution < -0.4 is 16.0 Å². The van der Waals surface area contributed by atoms with Crippen LogP contribution in [-0.2, 0) is 6.54 Å². The van der Waals surface area contributed by atoms with Gasteiger partial charge in [-0.2, -0.15) is 0 Å². The van der Waals surface area contributed by atoms with Crippen molar-refractivity contribution in [2.75, 3.05) is 36.8 Å². The smallest absolute Gasteiger partial charge is 0.255 e. The van der Waals surface area contributed by atoms with Crippen LogP contribution in [0, 0.1) is 11.6 Å². The molecule has 0 spiro atoms. The van der Waals surface area contributed by atoms with Crippen molar-refractivity contribution in [1.29, 1.82) is 0 Å². The second kappa shape index (κ2) is 11.7. The van der Waals surface area contributed by atoms with Gasteiger partial charge in [0.15, 0.2) is 11.6 Å². The van der Waals surface area contributed by atoms with Crippen molar-refractivity contribution in [1.82, 2.24) is 10.2 Å². The van der Waals surface area contributed by atoms with Crippen LogP contribution in [-0.4, -0.2) is 42.9 Å². The fourth-order valence-corrected chi connectivity index (χ4v) is 4.89. The summed E-state index contributed by atoms with van der Waals surface area (Å²) in [7, 11) is 0. The molecule has 3 aromatic rings. The van der Waals surface area contributed by atoms with Crippen LogP contribution in [0.15, 0.2) is 54.6 Å². The largest absolute Gasteiger partial charge is 0.385 e. The minimum absolute atomic E-state index is 0. The molecule has 6 nitrogen and oxygen atoms in total.